The third-order valence-electron chi connectivity index (χ3n) is 4.02. The summed E-state index contributed by atoms with van der Waals surface area (Å²) in [6.07, 6.45) is 4.67. The van der Waals surface area contributed by atoms with Crippen LogP contribution >= 0.6 is 0 Å². The Morgan fingerprint density at radius 3 is 2.44 bits per heavy atom. The molecule has 0 bridgehead atoms. The number of hydrogen-bond donors (Lipinski definition) is 2. The van der Waals surface area contributed by atoms with Crippen LogP contribution in [-0.2, 0) is 0 Å². The van der Waals surface area contributed by atoms with Gasteiger partial charge in [-0.1, -0.05) is 27.2 Å². The van der Waals surface area contributed by atoms with Gasteiger partial charge in [-0.15, -0.1) is 0 Å². The molecule has 2 N–H and O–H groups in total. The molecule has 1 aliphatic heterocycles. The molecule has 0 amide bonds. The van der Waals surface area contributed by atoms with Gasteiger partial charge in [0, 0.05) is 19.2 Å². The van der Waals surface area contributed by atoms with E-state index < -0.39 is 0 Å². The molecule has 108 valence electrons. The Balaban J connectivity index is 2.15. The van der Waals surface area contributed by atoms with Crippen LogP contribution < -0.4 is 5.32 Å². The van der Waals surface area contributed by atoms with E-state index in [0.29, 0.717) is 18.6 Å². The molecule has 1 rings (SSSR count). The monoisotopic (exact) mass is 256 g/mol. The van der Waals surface area contributed by atoms with Gasteiger partial charge in [0.2, 0.25) is 0 Å². The second-order valence-corrected chi connectivity index (χ2v) is 6.16. The van der Waals surface area contributed by atoms with E-state index in [9.17, 15) is 0 Å². The van der Waals surface area contributed by atoms with E-state index in [4.69, 9.17) is 5.11 Å². The first kappa shape index (κ1) is 15.9. The highest BCUT2D eigenvalue weighted by Gasteiger charge is 2.19. The summed E-state index contributed by atoms with van der Waals surface area (Å²) in [7, 11) is 0. The van der Waals surface area contributed by atoms with Gasteiger partial charge in [0.25, 0.3) is 0 Å². The van der Waals surface area contributed by atoms with Gasteiger partial charge in [-0.05, 0) is 50.7 Å². The summed E-state index contributed by atoms with van der Waals surface area (Å²) in [5.74, 6) is 1.42. The first-order valence-corrected chi connectivity index (χ1v) is 7.72. The lowest BCUT2D eigenvalue weighted by Crippen LogP contribution is -2.44. The maximum Gasteiger partial charge on any atom is 0.0434 e. The van der Waals surface area contributed by atoms with Crippen molar-refractivity contribution in [3.05, 3.63) is 0 Å². The van der Waals surface area contributed by atoms with Gasteiger partial charge in [-0.2, -0.15) is 0 Å². The first-order valence-electron chi connectivity index (χ1n) is 7.72. The maximum absolute atomic E-state index is 8.99. The largest absolute Gasteiger partial charge is 0.396 e. The molecule has 0 aromatic heterocycles. The zero-order valence-corrected chi connectivity index (χ0v) is 12.5. The Labute approximate surface area is 113 Å². The van der Waals surface area contributed by atoms with Crippen molar-refractivity contribution in [2.45, 2.75) is 52.5 Å². The quantitative estimate of drug-likeness (QED) is 0.698. The summed E-state index contributed by atoms with van der Waals surface area (Å²) >= 11 is 0. The molecule has 0 saturated carbocycles. The maximum atomic E-state index is 8.99. The minimum absolute atomic E-state index is 0.326. The zero-order chi connectivity index (χ0) is 13.4. The van der Waals surface area contributed by atoms with E-state index in [1.807, 2.05) is 0 Å². The first-order chi connectivity index (χ1) is 8.65. The molecule has 1 unspecified atom stereocenters. The highest BCUT2D eigenvalue weighted by molar-refractivity contribution is 4.78. The van der Waals surface area contributed by atoms with Crippen LogP contribution in [0.4, 0.5) is 0 Å². The van der Waals surface area contributed by atoms with Crippen molar-refractivity contribution in [1.82, 2.24) is 10.2 Å². The molecule has 1 fully saturated rings. The molecule has 0 aromatic rings. The summed E-state index contributed by atoms with van der Waals surface area (Å²) < 4.78 is 0. The zero-order valence-electron chi connectivity index (χ0n) is 12.5. The van der Waals surface area contributed by atoms with Gasteiger partial charge < -0.3 is 15.3 Å². The molecule has 0 aromatic carbocycles. The summed E-state index contributed by atoms with van der Waals surface area (Å²) in [6, 6.07) is 0.696. The van der Waals surface area contributed by atoms with E-state index >= 15 is 0 Å². The standard InChI is InChI=1S/C15H32N2O/c1-4-14(7-10-18)11-16-15-5-8-17(9-6-15)12-13(2)3/h13-16,18H,4-12H2,1-3H3. The predicted molar refractivity (Wildman–Crippen MR) is 77.8 cm³/mol. The van der Waals surface area contributed by atoms with Gasteiger partial charge in [-0.3, -0.25) is 0 Å². The van der Waals surface area contributed by atoms with E-state index in [2.05, 4.69) is 31.0 Å². The van der Waals surface area contributed by atoms with Crippen molar-refractivity contribution in [2.75, 3.05) is 32.8 Å². The second kappa shape index (κ2) is 8.89. The van der Waals surface area contributed by atoms with Gasteiger partial charge in [0.05, 0.1) is 0 Å². The Bertz CT molecular complexity index is 201. The van der Waals surface area contributed by atoms with Crippen molar-refractivity contribution < 1.29 is 5.11 Å². The third kappa shape index (κ3) is 6.17. The topological polar surface area (TPSA) is 35.5 Å². The fraction of sp³-hybridized carbons (Fsp3) is 1.00. The van der Waals surface area contributed by atoms with Crippen LogP contribution in [0, 0.1) is 11.8 Å². The predicted octanol–water partition coefficient (Wildman–Crippen LogP) is 2.10. The van der Waals surface area contributed by atoms with Crippen LogP contribution in [0.2, 0.25) is 0 Å². The molecule has 18 heavy (non-hydrogen) atoms. The summed E-state index contributed by atoms with van der Waals surface area (Å²) in [5, 5.41) is 12.7. The molecule has 3 heteroatoms. The van der Waals surface area contributed by atoms with Crippen LogP contribution in [0.5, 0.6) is 0 Å². The molecule has 1 aliphatic rings. The lowest BCUT2D eigenvalue weighted by Gasteiger charge is -2.34. The molecule has 0 aliphatic carbocycles. The van der Waals surface area contributed by atoms with Crippen LogP contribution in [-0.4, -0.2) is 48.8 Å². The van der Waals surface area contributed by atoms with Crippen molar-refractivity contribution in [3.8, 4) is 0 Å². The number of nitrogens with zero attached hydrogens (tertiary/aromatic N) is 1. The molecule has 3 nitrogen and oxygen atoms in total. The fourth-order valence-electron chi connectivity index (χ4n) is 2.80. The molecule has 1 heterocycles. The SMILES string of the molecule is CCC(CCO)CNC1CCN(CC(C)C)CC1. The average molecular weight is 256 g/mol. The smallest absolute Gasteiger partial charge is 0.0434 e. The molecule has 1 atom stereocenters. The van der Waals surface area contributed by atoms with Crippen LogP contribution in [0.1, 0.15) is 46.5 Å². The van der Waals surface area contributed by atoms with Gasteiger partial charge in [0.15, 0.2) is 0 Å². The summed E-state index contributed by atoms with van der Waals surface area (Å²) in [6.45, 7) is 11.9. The van der Waals surface area contributed by atoms with Crippen molar-refractivity contribution in [2.24, 2.45) is 11.8 Å². The number of nitrogens with one attached hydrogen (secondary N) is 1. The van der Waals surface area contributed by atoms with Crippen LogP contribution in [0.25, 0.3) is 0 Å². The number of likely N-dealkylation sites (tertiary alicyclic amines) is 1. The van der Waals surface area contributed by atoms with Crippen LogP contribution in [0.15, 0.2) is 0 Å². The van der Waals surface area contributed by atoms with Crippen molar-refractivity contribution >= 4 is 0 Å². The Morgan fingerprint density at radius 1 is 1.28 bits per heavy atom. The normalized spacial score (nSPS) is 20.5. The van der Waals surface area contributed by atoms with Gasteiger partial charge >= 0.3 is 0 Å². The fourth-order valence-corrected chi connectivity index (χ4v) is 2.80. The third-order valence-corrected chi connectivity index (χ3v) is 4.02. The summed E-state index contributed by atoms with van der Waals surface area (Å²) in [4.78, 5) is 2.59. The van der Waals surface area contributed by atoms with E-state index in [1.165, 1.54) is 38.9 Å². The number of piperidine rings is 1. The summed E-state index contributed by atoms with van der Waals surface area (Å²) in [5.41, 5.74) is 0. The Kier molecular flexibility index (Phi) is 7.87. The average Bonchev–Trinajstić information content (AvgIpc) is 2.35. The molecule has 0 spiro atoms. The van der Waals surface area contributed by atoms with E-state index in [-0.39, 0.29) is 0 Å². The van der Waals surface area contributed by atoms with E-state index in [0.717, 1.165) is 18.9 Å². The number of aliphatic hydroxyl groups excluding tert-OH is 1. The minimum atomic E-state index is 0.326. The van der Waals surface area contributed by atoms with E-state index in [1.54, 1.807) is 0 Å². The minimum Gasteiger partial charge on any atom is -0.396 e. The number of hydrogen-bond acceptors (Lipinski definition) is 3. The van der Waals surface area contributed by atoms with Crippen LogP contribution in [0.3, 0.4) is 0 Å². The molecule has 1 saturated heterocycles. The molecular formula is C15H32N2O. The Hall–Kier alpha value is -0.120. The van der Waals surface area contributed by atoms with Gasteiger partial charge in [-0.25, -0.2) is 0 Å². The lowest BCUT2D eigenvalue weighted by molar-refractivity contribution is 0.174. The molecule has 0 radical (unpaired) electrons. The number of rotatable bonds is 8. The number of aliphatic hydroxyl groups is 1. The van der Waals surface area contributed by atoms with Crippen molar-refractivity contribution in [1.29, 1.82) is 0 Å². The van der Waals surface area contributed by atoms with Gasteiger partial charge in [0.1, 0.15) is 0 Å². The Morgan fingerprint density at radius 2 is 1.94 bits per heavy atom. The van der Waals surface area contributed by atoms with Crippen molar-refractivity contribution in [3.63, 3.8) is 0 Å². The second-order valence-electron chi connectivity index (χ2n) is 6.16. The lowest BCUT2D eigenvalue weighted by atomic mass is 10.00. The molecular weight excluding hydrogens is 224 g/mol. The highest BCUT2D eigenvalue weighted by atomic mass is 16.3. The highest BCUT2D eigenvalue weighted by Crippen LogP contribution is 2.13.